The highest BCUT2D eigenvalue weighted by Gasteiger charge is 2.67. The quantitative estimate of drug-likeness (QED) is 0.173. The molecule has 1 aromatic heterocycles. The summed E-state index contributed by atoms with van der Waals surface area (Å²) in [6, 6.07) is 13.6. The third-order valence-electron chi connectivity index (χ3n) is 13.9. The van der Waals surface area contributed by atoms with Gasteiger partial charge in [-0.2, -0.15) is 0 Å². The smallest absolute Gasteiger partial charge is 0.262 e. The number of imide groups is 2. The zero-order valence-electron chi connectivity index (χ0n) is 34.8. The summed E-state index contributed by atoms with van der Waals surface area (Å²) in [6.45, 7) is 19.8. The number of amides is 5. The molecule has 1 saturated carbocycles. The number of nitrogens with zero attached hydrogens (tertiary/aromatic N) is 6. The number of benzene rings is 2. The van der Waals surface area contributed by atoms with Gasteiger partial charge in [0, 0.05) is 54.0 Å². The lowest BCUT2D eigenvalue weighted by Crippen LogP contribution is -2.74. The molecule has 2 aromatic carbocycles. The van der Waals surface area contributed by atoms with E-state index in [1.807, 2.05) is 23.1 Å². The van der Waals surface area contributed by atoms with Gasteiger partial charge in [0.05, 0.1) is 40.5 Å². The van der Waals surface area contributed by atoms with Crippen molar-refractivity contribution >= 4 is 52.5 Å². The van der Waals surface area contributed by atoms with Crippen molar-refractivity contribution in [3.63, 3.8) is 0 Å². The second-order valence-corrected chi connectivity index (χ2v) is 18.8. The van der Waals surface area contributed by atoms with Gasteiger partial charge in [-0.05, 0) is 93.6 Å². The number of halogens is 1. The Labute approximate surface area is 360 Å². The summed E-state index contributed by atoms with van der Waals surface area (Å²) in [5.74, 6) is 5.68. The van der Waals surface area contributed by atoms with E-state index in [1.165, 1.54) is 0 Å². The highest BCUT2D eigenvalue weighted by atomic mass is 35.5. The lowest BCUT2D eigenvalue weighted by Gasteiger charge is -2.65. The molecule has 13 nitrogen and oxygen atoms in total. The summed E-state index contributed by atoms with van der Waals surface area (Å²) in [6.07, 6.45) is 3.93. The summed E-state index contributed by atoms with van der Waals surface area (Å²) in [4.78, 5) is 80.6. The molecule has 1 aliphatic carbocycles. The van der Waals surface area contributed by atoms with E-state index in [1.54, 1.807) is 30.3 Å². The number of piperidine rings is 3. The Morgan fingerprint density at radius 3 is 2.23 bits per heavy atom. The monoisotopic (exact) mass is 841 g/mol. The fraction of sp³-hybridized carbons (Fsp3) is 0.468. The topological polar surface area (TPSA) is 137 Å². The summed E-state index contributed by atoms with van der Waals surface area (Å²) in [5.41, 5.74) is 3.19. The van der Waals surface area contributed by atoms with E-state index in [2.05, 4.69) is 59.5 Å². The number of nitrogens with one attached hydrogen (secondary N) is 1. The van der Waals surface area contributed by atoms with Crippen molar-refractivity contribution in [3.05, 3.63) is 93.0 Å². The van der Waals surface area contributed by atoms with Crippen LogP contribution in [0.1, 0.15) is 109 Å². The van der Waals surface area contributed by atoms with Gasteiger partial charge in [0.2, 0.25) is 17.5 Å². The van der Waals surface area contributed by atoms with E-state index in [0.29, 0.717) is 51.4 Å². The Balaban J connectivity index is 0.770. The van der Waals surface area contributed by atoms with Crippen molar-refractivity contribution in [1.29, 1.82) is 0 Å². The maximum absolute atomic E-state index is 13.8. The molecular formula is C47H48ClN7O6. The van der Waals surface area contributed by atoms with Crippen LogP contribution in [0.3, 0.4) is 0 Å². The normalized spacial score (nSPS) is 25.0. The lowest BCUT2D eigenvalue weighted by atomic mass is 9.49. The Kier molecular flexibility index (Phi) is 10.2. The molecule has 1 N–H and O–H groups in total. The molecule has 14 heteroatoms. The van der Waals surface area contributed by atoms with E-state index in [-0.39, 0.29) is 47.6 Å². The molecule has 0 bridgehead atoms. The predicted octanol–water partition coefficient (Wildman–Crippen LogP) is 6.26. The van der Waals surface area contributed by atoms with Crippen LogP contribution in [0.5, 0.6) is 5.75 Å². The van der Waals surface area contributed by atoms with Crippen molar-refractivity contribution in [2.45, 2.75) is 97.0 Å². The molecule has 6 aliphatic rings. The Hall–Kier alpha value is -5.76. The van der Waals surface area contributed by atoms with Crippen LogP contribution in [0.15, 0.2) is 48.5 Å². The number of hydrogen-bond donors (Lipinski definition) is 1. The first kappa shape index (κ1) is 40.6. The number of likely N-dealkylation sites (tertiary alicyclic amines) is 1. The highest BCUT2D eigenvalue weighted by Crippen LogP contribution is 2.59. The molecule has 5 amide bonds. The summed E-state index contributed by atoms with van der Waals surface area (Å²) < 4.78 is 6.48. The first-order valence-electron chi connectivity index (χ1n) is 21.2. The van der Waals surface area contributed by atoms with Gasteiger partial charge < -0.3 is 19.4 Å². The molecule has 9 rings (SSSR count). The van der Waals surface area contributed by atoms with Gasteiger partial charge in [-0.25, -0.2) is 9.83 Å². The molecule has 4 fully saturated rings. The molecule has 6 heterocycles. The summed E-state index contributed by atoms with van der Waals surface area (Å²) in [7, 11) is 0. The average Bonchev–Trinajstić information content (AvgIpc) is 3.68. The molecule has 0 radical (unpaired) electrons. The van der Waals surface area contributed by atoms with E-state index < -0.39 is 29.7 Å². The molecule has 1 unspecified atom stereocenters. The van der Waals surface area contributed by atoms with E-state index in [0.717, 1.165) is 68.1 Å². The second kappa shape index (κ2) is 15.3. The molecule has 61 heavy (non-hydrogen) atoms. The largest absolute Gasteiger partial charge is 0.489 e. The van der Waals surface area contributed by atoms with Gasteiger partial charge in [0.15, 0.2) is 0 Å². The minimum atomic E-state index is -0.978. The summed E-state index contributed by atoms with van der Waals surface area (Å²) >= 11 is 6.30. The standard InChI is InChI=1S/C47H48ClN7O6/c1-46(2)44(47(3,4)45(46)61-31-10-13-36(49-5)35(48)25-31)54-26-37-33(41(54)58)11-8-28(50-37)7-6-27-16-20-52(21-17-27)29-18-22-53(23-19-29)30-9-12-32-34(24-30)43(60)55(42(32)59)38-14-15-39(56)51-40(38)57/h8-13,24-25,27,29,38,44-45H,14-23,26H2,1-4H3,(H,51,56,57). The van der Waals surface area contributed by atoms with E-state index in [4.69, 9.17) is 27.9 Å². The third-order valence-corrected chi connectivity index (χ3v) is 14.2. The number of carbonyl (C=O) groups is 5. The molecular weight excluding hydrogens is 794 g/mol. The van der Waals surface area contributed by atoms with Crippen LogP contribution in [-0.4, -0.2) is 99.6 Å². The zero-order chi connectivity index (χ0) is 43.0. The minimum absolute atomic E-state index is 0.0218. The van der Waals surface area contributed by atoms with Gasteiger partial charge in [-0.3, -0.25) is 34.2 Å². The number of pyridine rings is 1. The third kappa shape index (κ3) is 7.02. The zero-order valence-corrected chi connectivity index (χ0v) is 35.6. The number of ether oxygens (including phenoxy) is 1. The van der Waals surface area contributed by atoms with Gasteiger partial charge in [-0.1, -0.05) is 51.3 Å². The van der Waals surface area contributed by atoms with Crippen LogP contribution >= 0.6 is 11.6 Å². The highest BCUT2D eigenvalue weighted by molar-refractivity contribution is 6.33. The van der Waals surface area contributed by atoms with Crippen LogP contribution in [-0.2, 0) is 16.1 Å². The first-order valence-corrected chi connectivity index (χ1v) is 21.5. The van der Waals surface area contributed by atoms with Crippen LogP contribution in [0.2, 0.25) is 5.02 Å². The van der Waals surface area contributed by atoms with E-state index >= 15 is 0 Å². The minimum Gasteiger partial charge on any atom is -0.489 e. The van der Waals surface area contributed by atoms with Crippen molar-refractivity contribution in [3.8, 4) is 17.6 Å². The fourth-order valence-electron chi connectivity index (χ4n) is 11.2. The molecule has 1 atom stereocenters. The Bertz CT molecular complexity index is 2470. The van der Waals surface area contributed by atoms with Gasteiger partial charge in [0.1, 0.15) is 23.6 Å². The number of anilines is 1. The Morgan fingerprint density at radius 1 is 0.836 bits per heavy atom. The second-order valence-electron chi connectivity index (χ2n) is 18.4. The lowest BCUT2D eigenvalue weighted by molar-refractivity contribution is -0.199. The van der Waals surface area contributed by atoms with Gasteiger partial charge >= 0.3 is 0 Å². The maximum atomic E-state index is 13.8. The van der Waals surface area contributed by atoms with Crippen LogP contribution < -0.4 is 15.0 Å². The number of fused-ring (bicyclic) bond motifs is 2. The molecule has 3 saturated heterocycles. The van der Waals surface area contributed by atoms with Crippen LogP contribution in [0.4, 0.5) is 11.4 Å². The summed E-state index contributed by atoms with van der Waals surface area (Å²) in [5, 5.41) is 2.60. The van der Waals surface area contributed by atoms with Crippen molar-refractivity contribution in [2.24, 2.45) is 16.7 Å². The van der Waals surface area contributed by atoms with Crippen molar-refractivity contribution in [1.82, 2.24) is 25.0 Å². The number of carbonyl (C=O) groups excluding carboxylic acids is 5. The first-order chi connectivity index (χ1) is 29.1. The number of hydrogen-bond acceptors (Lipinski definition) is 9. The SMILES string of the molecule is [C-]#[N+]c1ccc(OC2C(C)(C)C(N3Cc4nc(C#CC5CCN(C6CCN(c7ccc8c(c7)C(=O)N(C7CCC(=O)NC7=O)C8=O)CC6)CC5)ccc4C3=O)C2(C)C)cc1Cl. The van der Waals surface area contributed by atoms with Crippen LogP contribution in [0.25, 0.3) is 4.85 Å². The number of rotatable bonds is 6. The van der Waals surface area contributed by atoms with Gasteiger partial charge in [-0.15, -0.1) is 0 Å². The molecule has 3 aromatic rings. The van der Waals surface area contributed by atoms with Gasteiger partial charge in [0.25, 0.3) is 17.7 Å². The average molecular weight is 842 g/mol. The van der Waals surface area contributed by atoms with Crippen molar-refractivity contribution in [2.75, 3.05) is 31.1 Å². The molecule has 5 aliphatic heterocycles. The molecule has 314 valence electrons. The number of aromatic nitrogens is 1. The maximum Gasteiger partial charge on any atom is 0.262 e. The predicted molar refractivity (Wildman–Crippen MR) is 227 cm³/mol. The van der Waals surface area contributed by atoms with Crippen LogP contribution in [0, 0.1) is 35.2 Å². The Morgan fingerprint density at radius 2 is 1.54 bits per heavy atom. The van der Waals surface area contributed by atoms with E-state index in [9.17, 15) is 24.0 Å². The molecule has 0 spiro atoms. The van der Waals surface area contributed by atoms with Crippen molar-refractivity contribution < 1.29 is 28.7 Å². The fourth-order valence-corrected chi connectivity index (χ4v) is 11.4.